The van der Waals surface area contributed by atoms with Crippen molar-refractivity contribution in [1.29, 1.82) is 0 Å². The number of hydrogen-bond acceptors (Lipinski definition) is 3. The highest BCUT2D eigenvalue weighted by Gasteiger charge is 2.14. The zero-order valence-corrected chi connectivity index (χ0v) is 15.4. The summed E-state index contributed by atoms with van der Waals surface area (Å²) < 4.78 is 0. The molecule has 1 amide bonds. The van der Waals surface area contributed by atoms with Crippen molar-refractivity contribution in [3.05, 3.63) is 34.9 Å². The second-order valence-corrected chi connectivity index (χ2v) is 5.60. The van der Waals surface area contributed by atoms with Crippen molar-refractivity contribution in [2.45, 2.75) is 46.5 Å². The number of benzene rings is 1. The van der Waals surface area contributed by atoms with E-state index in [4.69, 9.17) is 17.3 Å². The number of rotatable bonds is 3. The molecule has 1 aromatic carbocycles. The Kier molecular flexibility index (Phi) is 11.4. The number of ketones is 1. The molecule has 1 aromatic rings. The Bertz CT molecular complexity index is 468. The first-order valence-corrected chi connectivity index (χ1v) is 8.55. The Labute approximate surface area is 145 Å². The fourth-order valence-electron chi connectivity index (χ4n) is 2.26. The van der Waals surface area contributed by atoms with Crippen LogP contribution in [0.25, 0.3) is 0 Å². The first kappa shape index (κ1) is 21.6. The van der Waals surface area contributed by atoms with Crippen LogP contribution in [0.5, 0.6) is 0 Å². The maximum absolute atomic E-state index is 11.1. The van der Waals surface area contributed by atoms with Gasteiger partial charge in [0.1, 0.15) is 5.78 Å². The zero-order chi connectivity index (χ0) is 17.8. The molecule has 1 fully saturated rings. The highest BCUT2D eigenvalue weighted by molar-refractivity contribution is 6.30. The van der Waals surface area contributed by atoms with Gasteiger partial charge >= 0.3 is 0 Å². The van der Waals surface area contributed by atoms with E-state index in [1.165, 1.54) is 12.8 Å². The van der Waals surface area contributed by atoms with Crippen LogP contribution in [0.2, 0.25) is 5.02 Å². The fourth-order valence-corrected chi connectivity index (χ4v) is 2.39. The van der Waals surface area contributed by atoms with Gasteiger partial charge in [0.2, 0.25) is 5.91 Å². The average Bonchev–Trinajstić information content (AvgIpc) is 3.07. The molecule has 2 N–H and O–H groups in total. The molecule has 1 heterocycles. The number of Topliss-reactive ketones (excluding diaryl/α,β-unsaturated/α-hetero) is 1. The Hall–Kier alpha value is -1.39. The van der Waals surface area contributed by atoms with Gasteiger partial charge in [-0.15, -0.1) is 0 Å². The van der Waals surface area contributed by atoms with Crippen molar-refractivity contribution < 1.29 is 9.59 Å². The minimum Gasteiger partial charge on any atom is -0.343 e. The molecule has 1 aliphatic rings. The summed E-state index contributed by atoms with van der Waals surface area (Å²) in [5.74, 6) is 0.115. The summed E-state index contributed by atoms with van der Waals surface area (Å²) in [5, 5.41) is 0.670. The monoisotopic (exact) mass is 340 g/mol. The van der Waals surface area contributed by atoms with E-state index in [1.54, 1.807) is 26.0 Å². The third-order valence-electron chi connectivity index (χ3n) is 3.55. The third-order valence-corrected chi connectivity index (χ3v) is 3.80. The van der Waals surface area contributed by atoms with Crippen LogP contribution in [0.15, 0.2) is 24.3 Å². The van der Waals surface area contributed by atoms with Gasteiger partial charge in [-0.2, -0.15) is 0 Å². The lowest BCUT2D eigenvalue weighted by Gasteiger charge is -2.10. The molecule has 0 bridgehead atoms. The summed E-state index contributed by atoms with van der Waals surface area (Å²) in [7, 11) is 0. The van der Waals surface area contributed by atoms with Crippen LogP contribution in [-0.2, 0) is 9.59 Å². The first-order valence-electron chi connectivity index (χ1n) is 8.17. The van der Waals surface area contributed by atoms with Crippen LogP contribution in [0, 0.1) is 0 Å². The molecule has 5 heteroatoms. The number of likely N-dealkylation sites (tertiary alicyclic amines) is 1. The van der Waals surface area contributed by atoms with Crippen LogP contribution in [-0.4, -0.2) is 36.2 Å². The molecule has 1 saturated heterocycles. The van der Waals surface area contributed by atoms with E-state index in [-0.39, 0.29) is 17.6 Å². The Morgan fingerprint density at radius 2 is 1.61 bits per heavy atom. The van der Waals surface area contributed by atoms with Gasteiger partial charge in [0.15, 0.2) is 0 Å². The number of nitrogens with two attached hydrogens (primary N) is 1. The molecule has 1 atom stereocenters. The normalized spacial score (nSPS) is 14.1. The molecule has 130 valence electrons. The van der Waals surface area contributed by atoms with Gasteiger partial charge in [-0.3, -0.25) is 9.59 Å². The van der Waals surface area contributed by atoms with Crippen molar-refractivity contribution >= 4 is 23.3 Å². The molecular formula is C18H29ClN2O2. The highest BCUT2D eigenvalue weighted by atomic mass is 35.5. The van der Waals surface area contributed by atoms with Gasteiger partial charge < -0.3 is 10.6 Å². The van der Waals surface area contributed by atoms with E-state index in [0.717, 1.165) is 18.7 Å². The molecule has 2 rings (SSSR count). The van der Waals surface area contributed by atoms with Gasteiger partial charge in [-0.25, -0.2) is 0 Å². The highest BCUT2D eigenvalue weighted by Crippen LogP contribution is 2.18. The molecule has 0 saturated carbocycles. The third kappa shape index (κ3) is 8.14. The molecule has 0 radical (unpaired) electrons. The van der Waals surface area contributed by atoms with E-state index < -0.39 is 0 Å². The lowest BCUT2D eigenvalue weighted by Crippen LogP contribution is -2.24. The number of carbonyl (C=O) groups excluding carboxylic acids is 2. The van der Waals surface area contributed by atoms with Crippen LogP contribution in [0.3, 0.4) is 0 Å². The van der Waals surface area contributed by atoms with E-state index in [0.29, 0.717) is 11.6 Å². The molecule has 0 aliphatic carbocycles. The maximum atomic E-state index is 11.1. The van der Waals surface area contributed by atoms with Gasteiger partial charge in [-0.05, 0) is 37.5 Å². The molecule has 0 aromatic heterocycles. The van der Waals surface area contributed by atoms with Crippen molar-refractivity contribution in [2.75, 3.05) is 19.6 Å². The average molecular weight is 341 g/mol. The number of hydrogen-bond donors (Lipinski definition) is 1. The van der Waals surface area contributed by atoms with Gasteiger partial charge in [0.05, 0.1) is 5.92 Å². The van der Waals surface area contributed by atoms with Crippen LogP contribution in [0.1, 0.15) is 52.0 Å². The smallest absolute Gasteiger partial charge is 0.219 e. The zero-order valence-electron chi connectivity index (χ0n) is 14.6. The number of amides is 1. The van der Waals surface area contributed by atoms with Crippen molar-refractivity contribution in [2.24, 2.45) is 5.73 Å². The summed E-state index contributed by atoms with van der Waals surface area (Å²) in [5.41, 5.74) is 6.42. The lowest BCUT2D eigenvalue weighted by atomic mass is 9.96. The standard InChI is InChI=1S/C10H12ClNO.C6H11NO.C2H6/c1-7(13)10(6-12)8-2-4-9(11)5-3-8;1-6(8)7-4-2-3-5-7;1-2/h2-5,10H,6,12H2,1H3;2-5H2,1H3;1-2H3. The minimum absolute atomic E-state index is 0.0878. The van der Waals surface area contributed by atoms with Crippen molar-refractivity contribution in [1.82, 2.24) is 4.90 Å². The number of carbonyl (C=O) groups is 2. The maximum Gasteiger partial charge on any atom is 0.219 e. The van der Waals surface area contributed by atoms with Gasteiger partial charge in [0.25, 0.3) is 0 Å². The SMILES string of the molecule is CC.CC(=O)C(CN)c1ccc(Cl)cc1.CC(=O)N1CCCC1. The quantitative estimate of drug-likeness (QED) is 0.913. The van der Waals surface area contributed by atoms with Crippen LogP contribution in [0.4, 0.5) is 0 Å². The first-order chi connectivity index (χ1) is 11.0. The lowest BCUT2D eigenvalue weighted by molar-refractivity contribution is -0.127. The number of nitrogens with zero attached hydrogens (tertiary/aromatic N) is 1. The predicted octanol–water partition coefficient (Wildman–Crippen LogP) is 3.63. The predicted molar refractivity (Wildman–Crippen MR) is 96.8 cm³/mol. The number of halogens is 1. The summed E-state index contributed by atoms with van der Waals surface area (Å²) in [6.45, 7) is 9.49. The van der Waals surface area contributed by atoms with E-state index >= 15 is 0 Å². The summed E-state index contributed by atoms with van der Waals surface area (Å²) in [6.07, 6.45) is 2.39. The summed E-state index contributed by atoms with van der Waals surface area (Å²) in [6, 6.07) is 7.20. The summed E-state index contributed by atoms with van der Waals surface area (Å²) >= 11 is 5.72. The molecule has 1 aliphatic heterocycles. The van der Waals surface area contributed by atoms with Crippen molar-refractivity contribution in [3.63, 3.8) is 0 Å². The molecular weight excluding hydrogens is 312 g/mol. The topological polar surface area (TPSA) is 63.4 Å². The molecule has 23 heavy (non-hydrogen) atoms. The van der Waals surface area contributed by atoms with Crippen molar-refractivity contribution in [3.8, 4) is 0 Å². The van der Waals surface area contributed by atoms with Crippen LogP contribution >= 0.6 is 11.6 Å². The van der Waals surface area contributed by atoms with E-state index in [2.05, 4.69) is 0 Å². The van der Waals surface area contributed by atoms with Gasteiger partial charge in [-0.1, -0.05) is 37.6 Å². The second-order valence-electron chi connectivity index (χ2n) is 5.16. The summed E-state index contributed by atoms with van der Waals surface area (Å²) in [4.78, 5) is 23.6. The van der Waals surface area contributed by atoms with E-state index in [1.807, 2.05) is 30.9 Å². The fraction of sp³-hybridized carbons (Fsp3) is 0.556. The Morgan fingerprint density at radius 3 is 1.91 bits per heavy atom. The molecule has 1 unspecified atom stereocenters. The molecule has 4 nitrogen and oxygen atoms in total. The van der Waals surface area contributed by atoms with Crippen LogP contribution < -0.4 is 5.73 Å². The minimum atomic E-state index is -0.197. The van der Waals surface area contributed by atoms with E-state index in [9.17, 15) is 9.59 Å². The molecule has 0 spiro atoms. The second kappa shape index (κ2) is 12.1. The Balaban J connectivity index is 0.000000414. The van der Waals surface area contributed by atoms with Gasteiger partial charge in [0, 0.05) is 31.6 Å². The largest absolute Gasteiger partial charge is 0.343 e. The Morgan fingerprint density at radius 1 is 1.13 bits per heavy atom.